The predicted octanol–water partition coefficient (Wildman–Crippen LogP) is 3.23. The largest absolute Gasteiger partial charge is 0.465 e. The van der Waals surface area contributed by atoms with E-state index in [1.54, 1.807) is 12.1 Å². The molecule has 28 heavy (non-hydrogen) atoms. The van der Waals surface area contributed by atoms with E-state index in [0.29, 0.717) is 31.1 Å². The van der Waals surface area contributed by atoms with Crippen LogP contribution in [-0.2, 0) is 6.42 Å². The van der Waals surface area contributed by atoms with Gasteiger partial charge >= 0.3 is 6.09 Å². The number of hydrogen-bond donors (Lipinski definition) is 2. The molecule has 1 aliphatic rings. The lowest BCUT2D eigenvalue weighted by atomic mass is 10.2. The number of carboxylic acid groups (broad SMARTS) is 1. The Kier molecular flexibility index (Phi) is 5.94. The molecule has 0 spiro atoms. The number of rotatable bonds is 5. The van der Waals surface area contributed by atoms with Gasteiger partial charge in [0.2, 0.25) is 5.95 Å². The Morgan fingerprint density at radius 1 is 1.36 bits per heavy atom. The van der Waals surface area contributed by atoms with E-state index in [0.717, 1.165) is 30.0 Å². The van der Waals surface area contributed by atoms with Gasteiger partial charge in [-0.3, -0.25) is 0 Å². The first-order chi connectivity index (χ1) is 13.5. The molecule has 1 unspecified atom stereocenters. The monoisotopic (exact) mass is 380 g/mol. The van der Waals surface area contributed by atoms with Crippen LogP contribution in [0.4, 0.5) is 22.2 Å². The van der Waals surface area contributed by atoms with Crippen LogP contribution in [0, 0.1) is 11.3 Å². The van der Waals surface area contributed by atoms with Crippen LogP contribution in [0.15, 0.2) is 30.3 Å². The smallest absolute Gasteiger partial charge is 0.407 e. The summed E-state index contributed by atoms with van der Waals surface area (Å²) in [6.45, 7) is 5.56. The third-order valence-electron chi connectivity index (χ3n) is 4.71. The molecule has 8 heteroatoms. The van der Waals surface area contributed by atoms with Crippen molar-refractivity contribution in [3.05, 3.63) is 41.6 Å². The zero-order chi connectivity index (χ0) is 20.1. The van der Waals surface area contributed by atoms with Gasteiger partial charge in [0.05, 0.1) is 11.6 Å². The Balaban J connectivity index is 1.87. The number of amides is 1. The molecule has 2 N–H and O–H groups in total. The van der Waals surface area contributed by atoms with Crippen molar-refractivity contribution in [3.8, 4) is 6.07 Å². The van der Waals surface area contributed by atoms with Crippen molar-refractivity contribution in [3.63, 3.8) is 0 Å². The summed E-state index contributed by atoms with van der Waals surface area (Å²) in [6.07, 6.45) is 0.897. The van der Waals surface area contributed by atoms with Crippen molar-refractivity contribution in [1.82, 2.24) is 14.9 Å². The molecule has 8 nitrogen and oxygen atoms in total. The van der Waals surface area contributed by atoms with Gasteiger partial charge in [-0.25, -0.2) is 9.78 Å². The van der Waals surface area contributed by atoms with Gasteiger partial charge in [0.1, 0.15) is 5.82 Å². The lowest BCUT2D eigenvalue weighted by Gasteiger charge is -2.39. The Morgan fingerprint density at radius 2 is 2.18 bits per heavy atom. The Bertz CT molecular complexity index is 895. The highest BCUT2D eigenvalue weighted by molar-refractivity contribution is 5.66. The molecule has 2 aromatic rings. The van der Waals surface area contributed by atoms with E-state index >= 15 is 0 Å². The molecule has 146 valence electrons. The van der Waals surface area contributed by atoms with Crippen molar-refractivity contribution < 1.29 is 9.90 Å². The van der Waals surface area contributed by atoms with Crippen molar-refractivity contribution in [2.75, 3.05) is 29.9 Å². The van der Waals surface area contributed by atoms with Crippen LogP contribution in [0.5, 0.6) is 0 Å². The molecule has 1 fully saturated rings. The van der Waals surface area contributed by atoms with Crippen molar-refractivity contribution in [2.24, 2.45) is 0 Å². The molecule has 0 saturated carbocycles. The van der Waals surface area contributed by atoms with E-state index in [4.69, 9.17) is 5.26 Å². The SMILES string of the molecule is CCCc1cc(N2CCN(C(=O)O)CC2C)nc(Nc2cccc(C#N)c2)n1. The molecule has 1 saturated heterocycles. The molecule has 1 atom stereocenters. The van der Waals surface area contributed by atoms with Crippen LogP contribution in [0.25, 0.3) is 0 Å². The predicted molar refractivity (Wildman–Crippen MR) is 107 cm³/mol. The normalized spacial score (nSPS) is 16.5. The first kappa shape index (κ1) is 19.4. The summed E-state index contributed by atoms with van der Waals surface area (Å²) in [6, 6.07) is 11.3. The van der Waals surface area contributed by atoms with Crippen molar-refractivity contribution >= 4 is 23.5 Å². The number of nitriles is 1. The van der Waals surface area contributed by atoms with E-state index in [9.17, 15) is 9.90 Å². The van der Waals surface area contributed by atoms with Crippen molar-refractivity contribution in [2.45, 2.75) is 32.7 Å². The van der Waals surface area contributed by atoms with Crippen LogP contribution < -0.4 is 10.2 Å². The second-order valence-electron chi connectivity index (χ2n) is 6.88. The summed E-state index contributed by atoms with van der Waals surface area (Å²) < 4.78 is 0. The van der Waals surface area contributed by atoms with E-state index < -0.39 is 6.09 Å². The average molecular weight is 380 g/mol. The minimum Gasteiger partial charge on any atom is -0.465 e. The number of carbonyl (C=O) groups is 1. The fourth-order valence-corrected chi connectivity index (χ4v) is 3.34. The maximum absolute atomic E-state index is 11.2. The molecule has 1 aromatic carbocycles. The third kappa shape index (κ3) is 4.49. The molecule has 1 aromatic heterocycles. The average Bonchev–Trinajstić information content (AvgIpc) is 2.68. The molecule has 3 rings (SSSR count). The van der Waals surface area contributed by atoms with Gasteiger partial charge in [-0.1, -0.05) is 19.4 Å². The number of hydrogen-bond acceptors (Lipinski definition) is 6. The fraction of sp³-hybridized carbons (Fsp3) is 0.400. The van der Waals surface area contributed by atoms with Gasteiger partial charge in [-0.05, 0) is 31.5 Å². The maximum atomic E-state index is 11.2. The summed E-state index contributed by atoms with van der Waals surface area (Å²) >= 11 is 0. The summed E-state index contributed by atoms with van der Waals surface area (Å²) in [5, 5.41) is 21.5. The maximum Gasteiger partial charge on any atom is 0.407 e. The second kappa shape index (κ2) is 8.57. The Labute approximate surface area is 164 Å². The minimum atomic E-state index is -0.888. The topological polar surface area (TPSA) is 105 Å². The molecule has 1 amide bonds. The van der Waals surface area contributed by atoms with Crippen LogP contribution in [0.1, 0.15) is 31.5 Å². The molecule has 1 aliphatic heterocycles. The third-order valence-corrected chi connectivity index (χ3v) is 4.71. The first-order valence-electron chi connectivity index (χ1n) is 9.39. The molecular formula is C20H24N6O2. The summed E-state index contributed by atoms with van der Waals surface area (Å²) in [7, 11) is 0. The molecular weight excluding hydrogens is 356 g/mol. The number of benzene rings is 1. The quantitative estimate of drug-likeness (QED) is 0.820. The summed E-state index contributed by atoms with van der Waals surface area (Å²) in [5.41, 5.74) is 2.25. The van der Waals surface area contributed by atoms with Gasteiger partial charge in [0, 0.05) is 43.1 Å². The first-order valence-corrected chi connectivity index (χ1v) is 9.39. The number of aromatic nitrogens is 2. The molecule has 0 bridgehead atoms. The zero-order valence-electron chi connectivity index (χ0n) is 16.1. The number of nitrogens with zero attached hydrogens (tertiary/aromatic N) is 5. The van der Waals surface area contributed by atoms with Crippen LogP contribution in [0.3, 0.4) is 0 Å². The van der Waals surface area contributed by atoms with E-state index in [1.807, 2.05) is 25.1 Å². The number of nitrogens with one attached hydrogen (secondary N) is 1. The summed E-state index contributed by atoms with van der Waals surface area (Å²) in [4.78, 5) is 24.1. The lowest BCUT2D eigenvalue weighted by molar-refractivity contribution is 0.136. The number of anilines is 3. The minimum absolute atomic E-state index is 0.0176. The number of piperazine rings is 1. The van der Waals surface area contributed by atoms with Gasteiger partial charge in [0.15, 0.2) is 0 Å². The van der Waals surface area contributed by atoms with E-state index in [-0.39, 0.29) is 6.04 Å². The molecule has 0 aliphatic carbocycles. The fourth-order valence-electron chi connectivity index (χ4n) is 3.34. The highest BCUT2D eigenvalue weighted by Gasteiger charge is 2.27. The lowest BCUT2D eigenvalue weighted by Crippen LogP contribution is -2.53. The van der Waals surface area contributed by atoms with Gasteiger partial charge < -0.3 is 20.2 Å². The van der Waals surface area contributed by atoms with Crippen molar-refractivity contribution in [1.29, 1.82) is 5.26 Å². The van der Waals surface area contributed by atoms with Crippen LogP contribution in [0.2, 0.25) is 0 Å². The van der Waals surface area contributed by atoms with Crippen LogP contribution >= 0.6 is 0 Å². The zero-order valence-corrected chi connectivity index (χ0v) is 16.1. The van der Waals surface area contributed by atoms with Gasteiger partial charge in [0.25, 0.3) is 0 Å². The highest BCUT2D eigenvalue weighted by atomic mass is 16.4. The molecule has 0 radical (unpaired) electrons. The second-order valence-corrected chi connectivity index (χ2v) is 6.88. The highest BCUT2D eigenvalue weighted by Crippen LogP contribution is 2.23. The Morgan fingerprint density at radius 3 is 2.86 bits per heavy atom. The van der Waals surface area contributed by atoms with Gasteiger partial charge in [-0.15, -0.1) is 0 Å². The van der Waals surface area contributed by atoms with Gasteiger partial charge in [-0.2, -0.15) is 10.2 Å². The number of aryl methyl sites for hydroxylation is 1. The van der Waals surface area contributed by atoms with E-state index in [2.05, 4.69) is 33.2 Å². The Hall–Kier alpha value is -3.34. The van der Waals surface area contributed by atoms with Crippen LogP contribution in [-0.4, -0.2) is 51.7 Å². The standard InChI is InChI=1S/C20H24N6O2/c1-3-5-16-11-18(26-9-8-25(20(27)28)13-14(26)2)24-19(22-16)23-17-7-4-6-15(10-17)12-21/h4,6-7,10-11,14H,3,5,8-9,13H2,1-2H3,(H,27,28)(H,22,23,24). The molecule has 2 heterocycles. The summed E-state index contributed by atoms with van der Waals surface area (Å²) in [5.74, 6) is 1.26. The van der Waals surface area contributed by atoms with E-state index in [1.165, 1.54) is 4.90 Å².